The van der Waals surface area contributed by atoms with Gasteiger partial charge in [0.05, 0.1) is 4.90 Å². The summed E-state index contributed by atoms with van der Waals surface area (Å²) in [6.45, 7) is 2.27. The molecule has 0 heterocycles. The molecular weight excluding hydrogens is 436 g/mol. The lowest BCUT2D eigenvalue weighted by Crippen LogP contribution is -2.04. The molecule has 0 aromatic heterocycles. The second kappa shape index (κ2) is 18.7. The molecule has 0 saturated carbocycles. The number of unbranched alkanes of at least 4 members (excludes halogenated alkanes) is 16. The Morgan fingerprint density at radius 2 is 1.18 bits per heavy atom. The van der Waals surface area contributed by atoms with Crippen molar-refractivity contribution in [1.82, 2.24) is 0 Å². The van der Waals surface area contributed by atoms with Gasteiger partial charge in [-0.05, 0) is 37.1 Å². The lowest BCUT2D eigenvalue weighted by atomic mass is 10.0. The smallest absolute Gasteiger partial charge is 0.335 e. The van der Waals surface area contributed by atoms with E-state index in [1.807, 2.05) is 6.08 Å². The van der Waals surface area contributed by atoms with Gasteiger partial charge in [0.2, 0.25) is 0 Å². The maximum Gasteiger partial charge on any atom is 0.335 e. The topological polar surface area (TPSA) is 80.7 Å². The van der Waals surface area contributed by atoms with Crippen molar-refractivity contribution in [2.75, 3.05) is 0 Å². The second-order valence-corrected chi connectivity index (χ2v) is 10.3. The van der Waals surface area contributed by atoms with Crippen LogP contribution in [0.5, 0.6) is 5.75 Å². The van der Waals surface area contributed by atoms with Gasteiger partial charge in [-0.1, -0.05) is 109 Å². The van der Waals surface area contributed by atoms with Crippen LogP contribution >= 0.6 is 0 Å². The lowest BCUT2D eigenvalue weighted by Gasteiger charge is -2.03. The number of hydrogen-bond donors (Lipinski definition) is 1. The van der Waals surface area contributed by atoms with Crippen molar-refractivity contribution >= 4 is 16.1 Å². The Balaban J connectivity index is 1.91. The minimum absolute atomic E-state index is 0.235. The SMILES string of the molecule is CCCCCCCCCCCCCCCCCCC=CC(=O)Oc1ccc(S(=O)(=O)O)cc1. The molecule has 0 bridgehead atoms. The van der Waals surface area contributed by atoms with Gasteiger partial charge < -0.3 is 4.74 Å². The minimum atomic E-state index is -4.24. The molecule has 1 aromatic rings. The van der Waals surface area contributed by atoms with E-state index >= 15 is 0 Å². The quantitative estimate of drug-likeness (QED) is 0.0671. The molecule has 1 aromatic carbocycles. The standard InChI is InChI=1S/C27H44O5S/c1-2-3-4-5-6-7-8-9-10-11-12-13-14-15-16-17-18-19-20-27(28)32-25-21-23-26(24-22-25)33(29,30)31/h19-24H,2-18H2,1H3,(H,29,30,31). The highest BCUT2D eigenvalue weighted by atomic mass is 32.2. The molecule has 0 unspecified atom stereocenters. The number of allylic oxidation sites excluding steroid dienone is 1. The minimum Gasteiger partial charge on any atom is -0.423 e. The van der Waals surface area contributed by atoms with Crippen LogP contribution in [-0.2, 0) is 14.9 Å². The van der Waals surface area contributed by atoms with E-state index in [4.69, 9.17) is 9.29 Å². The van der Waals surface area contributed by atoms with Crippen molar-refractivity contribution in [1.29, 1.82) is 0 Å². The number of benzene rings is 1. The summed E-state index contributed by atoms with van der Waals surface area (Å²) in [4.78, 5) is 11.6. The first-order valence-electron chi connectivity index (χ1n) is 12.9. The summed E-state index contributed by atoms with van der Waals surface area (Å²) < 4.78 is 36.0. The van der Waals surface area contributed by atoms with Crippen LogP contribution in [0.1, 0.15) is 116 Å². The van der Waals surface area contributed by atoms with E-state index in [1.54, 1.807) is 0 Å². The van der Waals surface area contributed by atoms with E-state index in [-0.39, 0.29) is 10.6 Å². The number of carbonyl (C=O) groups is 1. The monoisotopic (exact) mass is 480 g/mol. The van der Waals surface area contributed by atoms with Crippen molar-refractivity contribution in [2.45, 2.75) is 121 Å². The van der Waals surface area contributed by atoms with Crippen molar-refractivity contribution in [3.8, 4) is 5.75 Å². The highest BCUT2D eigenvalue weighted by Gasteiger charge is 2.09. The fraction of sp³-hybridized carbons (Fsp3) is 0.667. The third-order valence-corrected chi connectivity index (χ3v) is 6.69. The van der Waals surface area contributed by atoms with Crippen molar-refractivity contribution in [2.24, 2.45) is 0 Å². The molecule has 0 spiro atoms. The van der Waals surface area contributed by atoms with Gasteiger partial charge >= 0.3 is 5.97 Å². The largest absolute Gasteiger partial charge is 0.423 e. The highest BCUT2D eigenvalue weighted by molar-refractivity contribution is 7.85. The van der Waals surface area contributed by atoms with E-state index in [0.29, 0.717) is 0 Å². The molecule has 6 heteroatoms. The van der Waals surface area contributed by atoms with Crippen LogP contribution in [0.4, 0.5) is 0 Å². The number of carbonyl (C=O) groups excluding carboxylic acids is 1. The maximum atomic E-state index is 11.8. The molecule has 0 aliphatic rings. The molecule has 33 heavy (non-hydrogen) atoms. The Bertz CT molecular complexity index is 753. The fourth-order valence-corrected chi connectivity index (χ4v) is 4.30. The summed E-state index contributed by atoms with van der Waals surface area (Å²) >= 11 is 0. The Hall–Kier alpha value is -1.66. The average molecular weight is 481 g/mol. The third-order valence-electron chi connectivity index (χ3n) is 5.82. The Morgan fingerprint density at radius 3 is 1.61 bits per heavy atom. The summed E-state index contributed by atoms with van der Waals surface area (Å²) in [5, 5.41) is 0. The van der Waals surface area contributed by atoms with Gasteiger partial charge in [0.15, 0.2) is 0 Å². The molecule has 0 radical (unpaired) electrons. The zero-order chi connectivity index (χ0) is 24.2. The van der Waals surface area contributed by atoms with Crippen LogP contribution in [0.25, 0.3) is 0 Å². The molecule has 5 nitrogen and oxygen atoms in total. The van der Waals surface area contributed by atoms with E-state index in [0.717, 1.165) is 12.8 Å². The Labute approximate surface area is 201 Å². The van der Waals surface area contributed by atoms with Crippen LogP contribution in [0.2, 0.25) is 0 Å². The number of rotatable bonds is 20. The normalized spacial score (nSPS) is 11.8. The van der Waals surface area contributed by atoms with Gasteiger partial charge in [0.1, 0.15) is 5.75 Å². The maximum absolute atomic E-state index is 11.8. The predicted molar refractivity (Wildman–Crippen MR) is 135 cm³/mol. The van der Waals surface area contributed by atoms with Gasteiger partial charge in [-0.3, -0.25) is 4.55 Å². The first kappa shape index (κ1) is 29.4. The molecule has 0 fully saturated rings. The van der Waals surface area contributed by atoms with Crippen LogP contribution < -0.4 is 4.74 Å². The molecule has 0 aliphatic carbocycles. The first-order chi connectivity index (χ1) is 15.9. The number of hydrogen-bond acceptors (Lipinski definition) is 4. The summed E-state index contributed by atoms with van der Waals surface area (Å²) in [6, 6.07) is 5.06. The van der Waals surface area contributed by atoms with Gasteiger partial charge in [-0.2, -0.15) is 8.42 Å². The van der Waals surface area contributed by atoms with Gasteiger partial charge in [-0.25, -0.2) is 4.79 Å². The molecule has 0 atom stereocenters. The molecule has 0 amide bonds. The van der Waals surface area contributed by atoms with E-state index in [1.165, 1.54) is 127 Å². The van der Waals surface area contributed by atoms with Crippen molar-refractivity contribution in [3.05, 3.63) is 36.4 Å². The molecule has 0 saturated heterocycles. The average Bonchev–Trinajstić information content (AvgIpc) is 2.78. The summed E-state index contributed by atoms with van der Waals surface area (Å²) in [5.41, 5.74) is 0. The fourth-order valence-electron chi connectivity index (χ4n) is 3.82. The summed E-state index contributed by atoms with van der Waals surface area (Å²) in [7, 11) is -4.24. The van der Waals surface area contributed by atoms with E-state index < -0.39 is 16.1 Å². The van der Waals surface area contributed by atoms with E-state index in [9.17, 15) is 13.2 Å². The predicted octanol–water partition coefficient (Wildman–Crippen LogP) is 8.05. The van der Waals surface area contributed by atoms with Crippen molar-refractivity contribution in [3.63, 3.8) is 0 Å². The van der Waals surface area contributed by atoms with Crippen LogP contribution in [-0.4, -0.2) is 18.9 Å². The summed E-state index contributed by atoms with van der Waals surface area (Å²) in [6.07, 6.45) is 25.5. The molecule has 188 valence electrons. The Morgan fingerprint density at radius 1 is 0.758 bits per heavy atom. The van der Waals surface area contributed by atoms with E-state index in [2.05, 4.69) is 6.92 Å². The number of esters is 1. The van der Waals surface area contributed by atoms with Crippen LogP contribution in [0, 0.1) is 0 Å². The lowest BCUT2D eigenvalue weighted by molar-refractivity contribution is -0.129. The Kier molecular flexibility index (Phi) is 16.7. The summed E-state index contributed by atoms with van der Waals surface area (Å²) in [5.74, 6) is -0.259. The second-order valence-electron chi connectivity index (χ2n) is 8.86. The molecule has 1 rings (SSSR count). The molecular formula is C27H44O5S. The van der Waals surface area contributed by atoms with Crippen LogP contribution in [0.15, 0.2) is 41.3 Å². The third kappa shape index (κ3) is 16.6. The zero-order valence-electron chi connectivity index (χ0n) is 20.5. The molecule has 1 N–H and O–H groups in total. The van der Waals surface area contributed by atoms with Crippen molar-refractivity contribution < 1.29 is 22.5 Å². The number of ether oxygens (including phenoxy) is 1. The van der Waals surface area contributed by atoms with Gasteiger partial charge in [0, 0.05) is 6.08 Å². The molecule has 0 aliphatic heterocycles. The first-order valence-corrected chi connectivity index (χ1v) is 14.3. The zero-order valence-corrected chi connectivity index (χ0v) is 21.3. The van der Waals surface area contributed by atoms with Gasteiger partial charge in [0.25, 0.3) is 10.1 Å². The highest BCUT2D eigenvalue weighted by Crippen LogP contribution is 2.16. The van der Waals surface area contributed by atoms with Gasteiger partial charge in [-0.15, -0.1) is 0 Å². The van der Waals surface area contributed by atoms with Crippen LogP contribution in [0.3, 0.4) is 0 Å².